The number of hydrogen-bond acceptors (Lipinski definition) is 9. The number of nitrogens with zero attached hydrogens (tertiary/aromatic N) is 5. The van der Waals surface area contributed by atoms with Crippen LogP contribution in [0.15, 0.2) is 58.7 Å². The minimum Gasteiger partial charge on any atom is -0.444 e. The summed E-state index contributed by atoms with van der Waals surface area (Å²) in [5, 5.41) is 8.20. The number of ether oxygens (including phenoxy) is 4. The highest BCUT2D eigenvalue weighted by Gasteiger charge is 2.27. The summed E-state index contributed by atoms with van der Waals surface area (Å²) < 4.78 is 23.3. The van der Waals surface area contributed by atoms with E-state index in [9.17, 15) is 24.0 Å². The second-order valence-corrected chi connectivity index (χ2v) is 18.7. The van der Waals surface area contributed by atoms with Gasteiger partial charge in [-0.15, -0.1) is 9.98 Å². The molecule has 3 heterocycles. The van der Waals surface area contributed by atoms with E-state index in [-0.39, 0.29) is 17.8 Å². The Morgan fingerprint density at radius 3 is 1.38 bits per heavy atom. The van der Waals surface area contributed by atoms with Gasteiger partial charge in [0.1, 0.15) is 28.1 Å². The van der Waals surface area contributed by atoms with Crippen molar-refractivity contribution in [3.05, 3.63) is 65.5 Å². The average Bonchev–Trinajstić information content (AvgIpc) is 3.50. The first kappa shape index (κ1) is 47.5. The van der Waals surface area contributed by atoms with Crippen molar-refractivity contribution in [2.24, 2.45) is 17.0 Å². The highest BCUT2D eigenvalue weighted by molar-refractivity contribution is 6.04. The molecule has 332 valence electrons. The van der Waals surface area contributed by atoms with Gasteiger partial charge in [-0.1, -0.05) is 24.3 Å². The zero-order valence-corrected chi connectivity index (χ0v) is 37.8. The molecule has 0 atom stereocenters. The second-order valence-electron chi connectivity index (χ2n) is 18.7. The Morgan fingerprint density at radius 2 is 1.00 bits per heavy atom. The summed E-state index contributed by atoms with van der Waals surface area (Å²) >= 11 is 0. The molecule has 2 aromatic rings. The molecule has 17 nitrogen and oxygen atoms in total. The van der Waals surface area contributed by atoms with Crippen molar-refractivity contribution in [2.45, 2.75) is 118 Å². The minimum atomic E-state index is -0.840. The van der Waals surface area contributed by atoms with Gasteiger partial charge in [-0.2, -0.15) is 0 Å². The van der Waals surface area contributed by atoms with E-state index in [2.05, 4.69) is 25.9 Å². The molecule has 2 aliphatic heterocycles. The van der Waals surface area contributed by atoms with Crippen molar-refractivity contribution >= 4 is 59.0 Å². The molecule has 4 rings (SSSR count). The molecule has 0 unspecified atom stereocenters. The van der Waals surface area contributed by atoms with Crippen molar-refractivity contribution in [3.8, 4) is 0 Å². The fraction of sp³-hybridized carbons (Fsp3) is 0.523. The molecule has 0 fully saturated rings. The summed E-state index contributed by atoms with van der Waals surface area (Å²) in [6, 6.07) is 9.36. The molecular formula is C44H62N8O9. The normalized spacial score (nSPS) is 15.6. The average molecular weight is 847 g/mol. The molecule has 0 spiro atoms. The van der Waals surface area contributed by atoms with Gasteiger partial charge in [0.15, 0.2) is 0 Å². The maximum Gasteiger partial charge on any atom is 0.437 e. The first-order valence-corrected chi connectivity index (χ1v) is 20.2. The number of benzene rings is 1. The lowest BCUT2D eigenvalue weighted by Crippen LogP contribution is -2.48. The third-order valence-corrected chi connectivity index (χ3v) is 8.55. The van der Waals surface area contributed by atoms with E-state index in [1.54, 1.807) is 104 Å². The largest absolute Gasteiger partial charge is 0.444 e. The molecule has 17 heteroatoms. The summed E-state index contributed by atoms with van der Waals surface area (Å²) in [5.74, 6) is -0.227. The van der Waals surface area contributed by atoms with E-state index < -0.39 is 46.8 Å². The quantitative estimate of drug-likeness (QED) is 0.153. The fourth-order valence-electron chi connectivity index (χ4n) is 6.06. The predicted octanol–water partition coefficient (Wildman–Crippen LogP) is 8.09. The third-order valence-electron chi connectivity index (χ3n) is 8.55. The van der Waals surface area contributed by atoms with Crippen LogP contribution >= 0.6 is 0 Å². The first-order chi connectivity index (χ1) is 28.1. The monoisotopic (exact) mass is 846 g/mol. The van der Waals surface area contributed by atoms with Crippen molar-refractivity contribution < 1.29 is 42.9 Å². The molecule has 1 aromatic heterocycles. The molecule has 2 aliphatic rings. The van der Waals surface area contributed by atoms with Crippen LogP contribution in [0.2, 0.25) is 0 Å². The lowest BCUT2D eigenvalue weighted by molar-refractivity contribution is 0.0536. The number of hydrogen-bond donors (Lipinski definition) is 3. The number of amides is 5. The van der Waals surface area contributed by atoms with Gasteiger partial charge in [0.05, 0.1) is 0 Å². The number of guanidine groups is 2. The van der Waals surface area contributed by atoms with Gasteiger partial charge in [-0.05, 0) is 136 Å². The lowest BCUT2D eigenvalue weighted by atomic mass is 9.99. The van der Waals surface area contributed by atoms with Crippen LogP contribution < -0.4 is 16.0 Å². The Balaban J connectivity index is 1.41. The first-order valence-electron chi connectivity index (χ1n) is 20.2. The molecule has 0 saturated heterocycles. The van der Waals surface area contributed by atoms with Crippen molar-refractivity contribution in [2.75, 3.05) is 31.5 Å². The number of aromatic nitrogens is 1. The number of nitrogens with one attached hydrogen (secondary N) is 3. The van der Waals surface area contributed by atoms with Crippen LogP contribution in [0.25, 0.3) is 11.1 Å². The highest BCUT2D eigenvalue weighted by Crippen LogP contribution is 2.27. The Bertz CT molecular complexity index is 2090. The van der Waals surface area contributed by atoms with E-state index in [0.29, 0.717) is 50.4 Å². The molecular weight excluding hydrogens is 785 g/mol. The molecule has 0 radical (unpaired) electrons. The maximum absolute atomic E-state index is 13.5. The molecule has 3 N–H and O–H groups in total. The van der Waals surface area contributed by atoms with Crippen molar-refractivity contribution in [1.82, 2.24) is 25.0 Å². The van der Waals surface area contributed by atoms with E-state index in [4.69, 9.17) is 18.9 Å². The van der Waals surface area contributed by atoms with Crippen LogP contribution in [0.3, 0.4) is 0 Å². The van der Waals surface area contributed by atoms with Gasteiger partial charge in [-0.25, -0.2) is 19.2 Å². The van der Waals surface area contributed by atoms with Gasteiger partial charge >= 0.3 is 24.4 Å². The lowest BCUT2D eigenvalue weighted by Gasteiger charge is -2.30. The standard InChI is InChI=1S/C44H62N8O9/c1-41(2,3)58-37(54)46-35(47-38(55)59-42(4,5)6)51-22-18-29(19-23-51)28-14-16-32(17-15-28)45-34(53)33-26-31(27-50(33)13)30-20-24-52(25-21-30)36(48-39(56)60-43(7,8)9)49-40(57)61-44(10,11)12/h14-18,20,26-27H,19,21-25H2,1-13H3,(H,45,53)(H,46,47,54,55)(H,48,49,56,57). The highest BCUT2D eigenvalue weighted by atomic mass is 16.6. The topological polar surface area (TPSA) is 194 Å². The van der Waals surface area contributed by atoms with E-state index in [1.165, 1.54) is 0 Å². The SMILES string of the molecule is Cn1cc(C2=CCN(C(=NC(=O)OC(C)(C)C)NC(=O)OC(C)(C)C)CC2)cc1C(=O)Nc1ccc(C2=CCN(C(=NC(=O)OC(C)(C)C)NC(=O)OC(C)(C)C)CC2)cc1. The van der Waals surface area contributed by atoms with Crippen molar-refractivity contribution in [3.63, 3.8) is 0 Å². The zero-order valence-electron chi connectivity index (χ0n) is 37.8. The number of alkyl carbamates (subject to hydrolysis) is 2. The Morgan fingerprint density at radius 1 is 0.590 bits per heavy atom. The van der Waals surface area contributed by atoms with Crippen LogP contribution in [0.1, 0.15) is 118 Å². The number of carbonyl (C=O) groups excluding carboxylic acids is 5. The summed E-state index contributed by atoms with van der Waals surface area (Å²) in [4.78, 5) is 75.6. The third kappa shape index (κ3) is 15.8. The molecule has 1 aromatic carbocycles. The van der Waals surface area contributed by atoms with Gasteiger partial charge in [-0.3, -0.25) is 15.4 Å². The number of aryl methyl sites for hydroxylation is 1. The van der Waals surface area contributed by atoms with E-state index in [1.807, 2.05) is 48.7 Å². The van der Waals surface area contributed by atoms with Crippen LogP contribution in [-0.2, 0) is 26.0 Å². The number of rotatable bonds is 4. The second kappa shape index (κ2) is 19.1. The number of carbonyl (C=O) groups is 5. The van der Waals surface area contributed by atoms with Gasteiger partial charge in [0.25, 0.3) is 5.91 Å². The smallest absolute Gasteiger partial charge is 0.437 e. The zero-order chi connectivity index (χ0) is 45.5. The Kier molecular flexibility index (Phi) is 14.9. The summed E-state index contributed by atoms with van der Waals surface area (Å²) in [6.45, 7) is 22.4. The summed E-state index contributed by atoms with van der Waals surface area (Å²) in [5.41, 5.74) is 1.91. The molecule has 0 aliphatic carbocycles. The van der Waals surface area contributed by atoms with Crippen LogP contribution in [0.5, 0.6) is 0 Å². The molecule has 0 saturated carbocycles. The van der Waals surface area contributed by atoms with Gasteiger partial charge < -0.3 is 38.6 Å². The van der Waals surface area contributed by atoms with E-state index >= 15 is 0 Å². The van der Waals surface area contributed by atoms with Crippen LogP contribution in [0, 0.1) is 0 Å². The van der Waals surface area contributed by atoms with Crippen LogP contribution in [0.4, 0.5) is 24.9 Å². The number of anilines is 1. The van der Waals surface area contributed by atoms with Gasteiger partial charge in [0.2, 0.25) is 11.9 Å². The van der Waals surface area contributed by atoms with Gasteiger partial charge in [0, 0.05) is 45.1 Å². The molecule has 5 amide bonds. The maximum atomic E-state index is 13.5. The Hall–Kier alpha value is -6.13. The summed E-state index contributed by atoms with van der Waals surface area (Å²) in [7, 11) is 1.80. The van der Waals surface area contributed by atoms with Crippen molar-refractivity contribution in [1.29, 1.82) is 0 Å². The van der Waals surface area contributed by atoms with E-state index in [0.717, 1.165) is 22.3 Å². The predicted molar refractivity (Wildman–Crippen MR) is 234 cm³/mol. The Labute approximate surface area is 358 Å². The van der Waals surface area contributed by atoms with Crippen LogP contribution in [-0.4, -0.2) is 105 Å². The number of aliphatic imine (C=N–C) groups is 2. The summed E-state index contributed by atoms with van der Waals surface area (Å²) in [6.07, 6.45) is 3.83. The minimum absolute atomic E-state index is 0.0196. The fourth-order valence-corrected chi connectivity index (χ4v) is 6.06. The molecule has 61 heavy (non-hydrogen) atoms. The molecule has 0 bridgehead atoms.